The van der Waals surface area contributed by atoms with Crippen LogP contribution in [0.2, 0.25) is 5.02 Å². The fourth-order valence-corrected chi connectivity index (χ4v) is 3.81. The van der Waals surface area contributed by atoms with Crippen LogP contribution in [-0.2, 0) is 4.79 Å². The van der Waals surface area contributed by atoms with E-state index in [1.54, 1.807) is 36.4 Å². The molecule has 5 nitrogen and oxygen atoms in total. The van der Waals surface area contributed by atoms with Gasteiger partial charge in [-0.1, -0.05) is 11.6 Å². The van der Waals surface area contributed by atoms with E-state index in [1.165, 1.54) is 35.2 Å². The van der Waals surface area contributed by atoms with E-state index in [2.05, 4.69) is 4.74 Å². The molecule has 1 saturated heterocycles. The molecule has 0 aliphatic carbocycles. The first kappa shape index (κ1) is 21.1. The largest absolute Gasteiger partial charge is 0.573 e. The molecular weight excluding hydrogens is 453 g/mol. The molecule has 0 radical (unpaired) electrons. The Morgan fingerprint density at radius 3 is 2.35 bits per heavy atom. The second kappa shape index (κ2) is 8.16. The highest BCUT2D eigenvalue weighted by molar-refractivity contribution is 8.19. The third-order valence-corrected chi connectivity index (χ3v) is 5.32. The van der Waals surface area contributed by atoms with Crippen LogP contribution >= 0.6 is 23.4 Å². The molecule has 1 fully saturated rings. The first-order chi connectivity index (χ1) is 14.7. The fraction of sp³-hybridized carbons (Fsp3) is 0.0476. The zero-order valence-electron chi connectivity index (χ0n) is 15.4. The Hall–Kier alpha value is -3.17. The molecule has 0 saturated carbocycles. The van der Waals surface area contributed by atoms with E-state index in [4.69, 9.17) is 21.4 Å². The summed E-state index contributed by atoms with van der Waals surface area (Å²) in [5.74, 6) is 0.0699. The lowest BCUT2D eigenvalue weighted by atomic mass is 10.2. The topological polar surface area (TPSA) is 66.5 Å². The number of halogens is 4. The molecule has 2 heterocycles. The molecule has 0 unspecified atom stereocenters. The molecule has 1 amide bonds. The summed E-state index contributed by atoms with van der Waals surface area (Å²) < 4.78 is 46.4. The van der Waals surface area contributed by atoms with E-state index in [0.29, 0.717) is 32.7 Å². The summed E-state index contributed by atoms with van der Waals surface area (Å²) in [6.07, 6.45) is -3.24. The maximum absolute atomic E-state index is 12.7. The van der Waals surface area contributed by atoms with Gasteiger partial charge in [0.25, 0.3) is 5.91 Å². The van der Waals surface area contributed by atoms with Gasteiger partial charge in [0.05, 0.1) is 10.6 Å². The maximum Gasteiger partial charge on any atom is 0.573 e. The summed E-state index contributed by atoms with van der Waals surface area (Å²) in [4.78, 5) is 14.3. The van der Waals surface area contributed by atoms with Crippen molar-refractivity contribution in [2.24, 2.45) is 0 Å². The Labute approximate surface area is 183 Å². The minimum absolute atomic E-state index is 0.0469. The lowest BCUT2D eigenvalue weighted by Gasteiger charge is -2.14. The average Bonchev–Trinajstić information content (AvgIpc) is 3.27. The van der Waals surface area contributed by atoms with Gasteiger partial charge in [0.2, 0.25) is 0 Å². The van der Waals surface area contributed by atoms with Gasteiger partial charge in [0.15, 0.2) is 5.17 Å². The van der Waals surface area contributed by atoms with Crippen molar-refractivity contribution in [1.29, 1.82) is 5.41 Å². The number of anilines is 1. The summed E-state index contributed by atoms with van der Waals surface area (Å²) in [5, 5.41) is 8.68. The van der Waals surface area contributed by atoms with Crippen molar-refractivity contribution >= 4 is 46.2 Å². The number of alkyl halides is 3. The molecule has 10 heteroatoms. The molecular formula is C21H12ClF3N2O3S. The van der Waals surface area contributed by atoms with Crippen LogP contribution in [0.5, 0.6) is 5.75 Å². The summed E-state index contributed by atoms with van der Waals surface area (Å²) in [5.41, 5.74) is 1.07. The van der Waals surface area contributed by atoms with Crippen molar-refractivity contribution in [3.8, 4) is 17.1 Å². The first-order valence-electron chi connectivity index (χ1n) is 8.74. The number of furan rings is 1. The van der Waals surface area contributed by atoms with Crippen molar-refractivity contribution in [2.45, 2.75) is 6.36 Å². The molecule has 1 aromatic heterocycles. The predicted molar refractivity (Wildman–Crippen MR) is 113 cm³/mol. The van der Waals surface area contributed by atoms with Gasteiger partial charge in [-0.2, -0.15) is 0 Å². The smallest absolute Gasteiger partial charge is 0.457 e. The number of amides is 1. The van der Waals surface area contributed by atoms with Crippen molar-refractivity contribution < 1.29 is 27.1 Å². The molecule has 0 spiro atoms. The summed E-state index contributed by atoms with van der Waals surface area (Å²) in [6, 6.07) is 15.1. The highest BCUT2D eigenvalue weighted by atomic mass is 35.5. The molecule has 1 aliphatic rings. The number of hydrogen-bond acceptors (Lipinski definition) is 5. The Balaban J connectivity index is 1.52. The molecule has 0 bridgehead atoms. The van der Waals surface area contributed by atoms with Crippen LogP contribution in [0.1, 0.15) is 5.76 Å². The Morgan fingerprint density at radius 1 is 1.03 bits per heavy atom. The van der Waals surface area contributed by atoms with Gasteiger partial charge in [-0.05, 0) is 72.4 Å². The van der Waals surface area contributed by atoms with Crippen LogP contribution < -0.4 is 9.64 Å². The zero-order valence-corrected chi connectivity index (χ0v) is 17.0. The second-order valence-electron chi connectivity index (χ2n) is 6.31. The Bertz CT molecular complexity index is 1170. The van der Waals surface area contributed by atoms with Gasteiger partial charge in [-0.15, -0.1) is 13.2 Å². The molecule has 0 atom stereocenters. The van der Waals surface area contributed by atoms with Gasteiger partial charge in [0.1, 0.15) is 17.3 Å². The van der Waals surface area contributed by atoms with Crippen LogP contribution in [0.3, 0.4) is 0 Å². The first-order valence-corrected chi connectivity index (χ1v) is 9.93. The lowest BCUT2D eigenvalue weighted by molar-refractivity contribution is -0.274. The zero-order chi connectivity index (χ0) is 22.2. The van der Waals surface area contributed by atoms with E-state index < -0.39 is 6.36 Å². The molecule has 3 aromatic rings. The minimum atomic E-state index is -4.76. The third-order valence-electron chi connectivity index (χ3n) is 4.18. The van der Waals surface area contributed by atoms with E-state index in [-0.39, 0.29) is 16.8 Å². The highest BCUT2D eigenvalue weighted by Crippen LogP contribution is 2.36. The SMILES string of the molecule is N=C1SC(=Cc2ccc(-c3ccc(OC(F)(F)F)cc3)o2)C(=O)N1c1ccc(Cl)cc1. The number of carbonyl (C=O) groups is 1. The standard InChI is InChI=1S/C21H12ClF3N2O3S/c22-13-3-5-14(6-4-13)27-19(28)18(31-20(27)26)11-16-9-10-17(29-16)12-1-7-15(8-2-12)30-21(23,24)25/h1-11,26H. The van der Waals surface area contributed by atoms with Crippen molar-refractivity contribution in [3.05, 3.63) is 76.4 Å². The quantitative estimate of drug-likeness (QED) is 0.444. The van der Waals surface area contributed by atoms with E-state index in [1.807, 2.05) is 0 Å². The number of amidine groups is 1. The highest BCUT2D eigenvalue weighted by Gasteiger charge is 2.34. The van der Waals surface area contributed by atoms with Gasteiger partial charge >= 0.3 is 6.36 Å². The molecule has 2 aromatic carbocycles. The average molecular weight is 465 g/mol. The minimum Gasteiger partial charge on any atom is -0.457 e. The van der Waals surface area contributed by atoms with Gasteiger partial charge < -0.3 is 9.15 Å². The van der Waals surface area contributed by atoms with Gasteiger partial charge in [0, 0.05) is 16.7 Å². The summed E-state index contributed by atoms with van der Waals surface area (Å²) in [6.45, 7) is 0. The van der Waals surface area contributed by atoms with E-state index in [0.717, 1.165) is 11.8 Å². The normalized spacial score (nSPS) is 15.7. The van der Waals surface area contributed by atoms with Crippen molar-refractivity contribution in [1.82, 2.24) is 0 Å². The maximum atomic E-state index is 12.7. The Kier molecular flexibility index (Phi) is 5.55. The molecule has 158 valence electrons. The summed E-state index contributed by atoms with van der Waals surface area (Å²) >= 11 is 6.87. The molecule has 4 rings (SSSR count). The second-order valence-corrected chi connectivity index (χ2v) is 7.77. The van der Waals surface area contributed by atoms with Crippen molar-refractivity contribution in [3.63, 3.8) is 0 Å². The number of nitrogens with zero attached hydrogens (tertiary/aromatic N) is 1. The van der Waals surface area contributed by atoms with Crippen LogP contribution in [0.25, 0.3) is 17.4 Å². The monoisotopic (exact) mass is 464 g/mol. The molecule has 1 N–H and O–H groups in total. The van der Waals surface area contributed by atoms with E-state index in [9.17, 15) is 18.0 Å². The number of hydrogen-bond donors (Lipinski definition) is 1. The lowest BCUT2D eigenvalue weighted by Crippen LogP contribution is -2.27. The fourth-order valence-electron chi connectivity index (χ4n) is 2.85. The number of carbonyl (C=O) groups excluding carboxylic acids is 1. The Morgan fingerprint density at radius 2 is 1.71 bits per heavy atom. The van der Waals surface area contributed by atoms with E-state index >= 15 is 0 Å². The van der Waals surface area contributed by atoms with Crippen LogP contribution in [0, 0.1) is 5.41 Å². The predicted octanol–water partition coefficient (Wildman–Crippen LogP) is 6.55. The van der Waals surface area contributed by atoms with Crippen LogP contribution in [-0.4, -0.2) is 17.4 Å². The number of benzene rings is 2. The van der Waals surface area contributed by atoms with Gasteiger partial charge in [-0.3, -0.25) is 15.1 Å². The van der Waals surface area contributed by atoms with Crippen LogP contribution in [0.4, 0.5) is 18.9 Å². The third kappa shape index (κ3) is 4.78. The van der Waals surface area contributed by atoms with Crippen molar-refractivity contribution in [2.75, 3.05) is 4.90 Å². The number of thioether (sulfide) groups is 1. The number of ether oxygens (including phenoxy) is 1. The number of nitrogens with one attached hydrogen (secondary N) is 1. The van der Waals surface area contributed by atoms with Gasteiger partial charge in [-0.25, -0.2) is 0 Å². The van der Waals surface area contributed by atoms with Crippen LogP contribution in [0.15, 0.2) is 70.0 Å². The molecule has 1 aliphatic heterocycles. The number of rotatable bonds is 4. The summed E-state index contributed by atoms with van der Waals surface area (Å²) in [7, 11) is 0. The molecule has 31 heavy (non-hydrogen) atoms.